The van der Waals surface area contributed by atoms with Crippen LogP contribution >= 0.6 is 0 Å². The SMILES string of the molecule is NC(=O)c1cc(NC2CC(c3ccccc3)C2)ccc1F. The predicted octanol–water partition coefficient (Wildman–Crippen LogP) is 3.28. The van der Waals surface area contributed by atoms with Crippen molar-refractivity contribution in [3.05, 3.63) is 65.5 Å². The second-order valence-corrected chi connectivity index (χ2v) is 5.48. The van der Waals surface area contributed by atoms with Crippen molar-refractivity contribution in [1.82, 2.24) is 0 Å². The lowest BCUT2D eigenvalue weighted by Crippen LogP contribution is -2.34. The monoisotopic (exact) mass is 284 g/mol. The summed E-state index contributed by atoms with van der Waals surface area (Å²) < 4.78 is 13.4. The molecule has 0 heterocycles. The van der Waals surface area contributed by atoms with Crippen LogP contribution in [0.2, 0.25) is 0 Å². The van der Waals surface area contributed by atoms with Gasteiger partial charge in [0.1, 0.15) is 5.82 Å². The van der Waals surface area contributed by atoms with Gasteiger partial charge in [-0.25, -0.2) is 4.39 Å². The molecule has 2 aromatic carbocycles. The molecule has 1 amide bonds. The Morgan fingerprint density at radius 3 is 2.52 bits per heavy atom. The van der Waals surface area contributed by atoms with Gasteiger partial charge in [-0.15, -0.1) is 0 Å². The summed E-state index contributed by atoms with van der Waals surface area (Å²) in [5.74, 6) is -0.754. The third kappa shape index (κ3) is 2.89. The van der Waals surface area contributed by atoms with Gasteiger partial charge >= 0.3 is 0 Å². The Labute approximate surface area is 123 Å². The first-order chi connectivity index (χ1) is 10.1. The van der Waals surface area contributed by atoms with E-state index >= 15 is 0 Å². The molecular weight excluding hydrogens is 267 g/mol. The summed E-state index contributed by atoms with van der Waals surface area (Å²) in [7, 11) is 0. The zero-order chi connectivity index (χ0) is 14.8. The molecule has 2 aromatic rings. The van der Waals surface area contributed by atoms with Gasteiger partial charge in [0.05, 0.1) is 5.56 Å². The molecule has 0 saturated heterocycles. The molecule has 108 valence electrons. The lowest BCUT2D eigenvalue weighted by atomic mass is 9.76. The molecule has 4 heteroatoms. The van der Waals surface area contributed by atoms with E-state index < -0.39 is 11.7 Å². The van der Waals surface area contributed by atoms with Crippen molar-refractivity contribution >= 4 is 11.6 Å². The highest BCUT2D eigenvalue weighted by Gasteiger charge is 2.30. The van der Waals surface area contributed by atoms with Crippen LogP contribution in [0.5, 0.6) is 0 Å². The fourth-order valence-corrected chi connectivity index (χ4v) is 2.77. The number of hydrogen-bond donors (Lipinski definition) is 2. The van der Waals surface area contributed by atoms with Crippen LogP contribution in [0.3, 0.4) is 0 Å². The van der Waals surface area contributed by atoms with Crippen LogP contribution in [0.4, 0.5) is 10.1 Å². The maximum absolute atomic E-state index is 13.4. The molecule has 0 unspecified atom stereocenters. The number of nitrogens with one attached hydrogen (secondary N) is 1. The number of benzene rings is 2. The summed E-state index contributed by atoms with van der Waals surface area (Å²) in [6.45, 7) is 0. The molecule has 0 aliphatic heterocycles. The highest BCUT2D eigenvalue weighted by molar-refractivity contribution is 5.94. The first-order valence-corrected chi connectivity index (χ1v) is 7.04. The van der Waals surface area contributed by atoms with Gasteiger partial charge in [0, 0.05) is 11.7 Å². The lowest BCUT2D eigenvalue weighted by Gasteiger charge is -2.37. The number of nitrogens with two attached hydrogens (primary N) is 1. The van der Waals surface area contributed by atoms with Crippen LogP contribution in [0.15, 0.2) is 48.5 Å². The highest BCUT2D eigenvalue weighted by Crippen LogP contribution is 2.38. The number of halogens is 1. The standard InChI is InChI=1S/C17H17FN2O/c18-16-7-6-13(10-15(16)17(19)21)20-14-8-12(9-14)11-4-2-1-3-5-11/h1-7,10,12,14,20H,8-9H2,(H2,19,21). The molecule has 21 heavy (non-hydrogen) atoms. The smallest absolute Gasteiger partial charge is 0.251 e. The molecule has 3 rings (SSSR count). The zero-order valence-corrected chi connectivity index (χ0v) is 11.6. The van der Waals surface area contributed by atoms with Crippen molar-refractivity contribution in [3.63, 3.8) is 0 Å². The van der Waals surface area contributed by atoms with Crippen molar-refractivity contribution < 1.29 is 9.18 Å². The summed E-state index contributed by atoms with van der Waals surface area (Å²) in [6.07, 6.45) is 2.07. The molecule has 3 nitrogen and oxygen atoms in total. The number of carbonyl (C=O) groups is 1. The summed E-state index contributed by atoms with van der Waals surface area (Å²) in [5.41, 5.74) is 7.17. The normalized spacial score (nSPS) is 20.6. The largest absolute Gasteiger partial charge is 0.382 e. The lowest BCUT2D eigenvalue weighted by molar-refractivity contribution is 0.0996. The van der Waals surface area contributed by atoms with Gasteiger partial charge in [0.15, 0.2) is 0 Å². The fraction of sp³-hybridized carbons (Fsp3) is 0.235. The Morgan fingerprint density at radius 1 is 1.14 bits per heavy atom. The van der Waals surface area contributed by atoms with Crippen molar-refractivity contribution in [2.75, 3.05) is 5.32 Å². The summed E-state index contributed by atoms with van der Waals surface area (Å²) in [5, 5.41) is 3.33. The second kappa shape index (κ2) is 5.56. The van der Waals surface area contributed by atoms with Gasteiger partial charge in [-0.3, -0.25) is 4.79 Å². The van der Waals surface area contributed by atoms with Gasteiger partial charge < -0.3 is 11.1 Å². The van der Waals surface area contributed by atoms with Crippen LogP contribution in [-0.4, -0.2) is 11.9 Å². The quantitative estimate of drug-likeness (QED) is 0.905. The third-order valence-corrected chi connectivity index (χ3v) is 4.01. The number of amides is 1. The van der Waals surface area contributed by atoms with E-state index in [4.69, 9.17) is 5.73 Å². The number of carbonyl (C=O) groups excluding carboxylic acids is 1. The van der Waals surface area contributed by atoms with Crippen LogP contribution < -0.4 is 11.1 Å². The van der Waals surface area contributed by atoms with Gasteiger partial charge in [-0.05, 0) is 42.5 Å². The minimum absolute atomic E-state index is 0.0704. The number of primary amides is 1. The first-order valence-electron chi connectivity index (χ1n) is 7.04. The first kappa shape index (κ1) is 13.6. The average Bonchev–Trinajstić information content (AvgIpc) is 2.44. The molecule has 0 atom stereocenters. The Bertz CT molecular complexity index is 651. The maximum Gasteiger partial charge on any atom is 0.251 e. The van der Waals surface area contributed by atoms with Crippen molar-refractivity contribution in [2.45, 2.75) is 24.8 Å². The van der Waals surface area contributed by atoms with E-state index in [1.54, 1.807) is 6.07 Å². The average molecular weight is 284 g/mol. The Hall–Kier alpha value is -2.36. The van der Waals surface area contributed by atoms with Crippen LogP contribution in [-0.2, 0) is 0 Å². The summed E-state index contributed by atoms with van der Waals surface area (Å²) in [4.78, 5) is 11.1. The zero-order valence-electron chi connectivity index (χ0n) is 11.6. The molecule has 0 radical (unpaired) electrons. The minimum atomic E-state index is -0.744. The molecule has 0 aromatic heterocycles. The van der Waals surface area contributed by atoms with Gasteiger partial charge in [-0.2, -0.15) is 0 Å². The Kier molecular flexibility index (Phi) is 3.60. The van der Waals surface area contributed by atoms with E-state index in [0.29, 0.717) is 12.0 Å². The van der Waals surface area contributed by atoms with E-state index in [1.807, 2.05) is 6.07 Å². The highest BCUT2D eigenvalue weighted by atomic mass is 19.1. The van der Waals surface area contributed by atoms with E-state index in [9.17, 15) is 9.18 Å². The number of hydrogen-bond acceptors (Lipinski definition) is 2. The van der Waals surface area contributed by atoms with E-state index in [0.717, 1.165) is 18.5 Å². The summed E-state index contributed by atoms with van der Waals surface area (Å²) in [6, 6.07) is 15.1. The Balaban J connectivity index is 1.62. The Morgan fingerprint density at radius 2 is 1.86 bits per heavy atom. The van der Waals surface area contributed by atoms with E-state index in [-0.39, 0.29) is 5.56 Å². The summed E-state index contributed by atoms with van der Waals surface area (Å²) >= 11 is 0. The van der Waals surface area contributed by atoms with Gasteiger partial charge in [0.2, 0.25) is 0 Å². The maximum atomic E-state index is 13.4. The van der Waals surface area contributed by atoms with Gasteiger partial charge in [0.25, 0.3) is 5.91 Å². The predicted molar refractivity (Wildman–Crippen MR) is 80.7 cm³/mol. The van der Waals surface area contributed by atoms with Crippen molar-refractivity contribution in [2.24, 2.45) is 5.73 Å². The minimum Gasteiger partial charge on any atom is -0.382 e. The molecule has 1 fully saturated rings. The topological polar surface area (TPSA) is 55.1 Å². The number of anilines is 1. The molecule has 1 aliphatic rings. The van der Waals surface area contributed by atoms with Crippen LogP contribution in [0.25, 0.3) is 0 Å². The van der Waals surface area contributed by atoms with Gasteiger partial charge in [-0.1, -0.05) is 30.3 Å². The van der Waals surface area contributed by atoms with E-state index in [1.165, 1.54) is 17.7 Å². The molecule has 3 N–H and O–H groups in total. The third-order valence-electron chi connectivity index (χ3n) is 4.01. The number of rotatable bonds is 4. The molecule has 1 saturated carbocycles. The fourth-order valence-electron chi connectivity index (χ4n) is 2.77. The second-order valence-electron chi connectivity index (χ2n) is 5.48. The van der Waals surface area contributed by atoms with Crippen molar-refractivity contribution in [3.8, 4) is 0 Å². The molecule has 1 aliphatic carbocycles. The van der Waals surface area contributed by atoms with Crippen molar-refractivity contribution in [1.29, 1.82) is 0 Å². The van der Waals surface area contributed by atoms with E-state index in [2.05, 4.69) is 29.6 Å². The molecule has 0 spiro atoms. The van der Waals surface area contributed by atoms with Crippen LogP contribution in [0.1, 0.15) is 34.7 Å². The molecular formula is C17H17FN2O. The van der Waals surface area contributed by atoms with Crippen LogP contribution in [0, 0.1) is 5.82 Å². The molecule has 0 bridgehead atoms.